The molecule has 148 valence electrons. The summed E-state index contributed by atoms with van der Waals surface area (Å²) >= 11 is 12.3. The van der Waals surface area contributed by atoms with Crippen LogP contribution in [0.15, 0.2) is 48.5 Å². The van der Waals surface area contributed by atoms with E-state index in [2.05, 4.69) is 5.32 Å². The maximum atomic E-state index is 12.9. The molecule has 0 fully saturated rings. The van der Waals surface area contributed by atoms with Crippen LogP contribution in [0, 0.1) is 5.41 Å². The highest BCUT2D eigenvalue weighted by Gasteiger charge is 2.51. The highest BCUT2D eigenvalue weighted by molar-refractivity contribution is 6.47. The molecule has 2 aromatic carbocycles. The Kier molecular flexibility index (Phi) is 6.37. The van der Waals surface area contributed by atoms with Crippen molar-refractivity contribution in [2.45, 2.75) is 25.8 Å². The van der Waals surface area contributed by atoms with Crippen molar-refractivity contribution in [3.05, 3.63) is 59.1 Å². The van der Waals surface area contributed by atoms with Crippen molar-refractivity contribution in [2.24, 2.45) is 5.41 Å². The highest BCUT2D eigenvalue weighted by atomic mass is 35.5. The summed E-state index contributed by atoms with van der Waals surface area (Å²) in [7, 11) is 0. The molecule has 0 aliphatic carbocycles. The smallest absolute Gasteiger partial charge is 0.335 e. The molecule has 28 heavy (non-hydrogen) atoms. The summed E-state index contributed by atoms with van der Waals surface area (Å²) < 4.78 is 5.57. The minimum atomic E-state index is -2.37. The Morgan fingerprint density at radius 1 is 1.04 bits per heavy atom. The van der Waals surface area contributed by atoms with Crippen molar-refractivity contribution in [2.75, 3.05) is 5.32 Å². The Hall–Kier alpha value is -2.57. The van der Waals surface area contributed by atoms with Gasteiger partial charge in [-0.15, -0.1) is 0 Å². The number of nitrogens with one attached hydrogen (secondary N) is 1. The molecule has 1 unspecified atom stereocenters. The third-order valence-electron chi connectivity index (χ3n) is 3.71. The van der Waals surface area contributed by atoms with E-state index < -0.39 is 28.1 Å². The zero-order chi connectivity index (χ0) is 21.1. The largest absolute Gasteiger partial charge is 0.478 e. The third kappa shape index (κ3) is 5.03. The van der Waals surface area contributed by atoms with Gasteiger partial charge in [0.15, 0.2) is 0 Å². The van der Waals surface area contributed by atoms with Gasteiger partial charge in [-0.2, -0.15) is 0 Å². The lowest BCUT2D eigenvalue weighted by molar-refractivity contribution is -0.144. The number of hydrogen-bond acceptors (Lipinski definition) is 4. The third-order valence-corrected chi connectivity index (χ3v) is 4.36. The number of carbonyl (C=O) groups is 3. The van der Waals surface area contributed by atoms with Crippen molar-refractivity contribution in [3.63, 3.8) is 0 Å². The fourth-order valence-corrected chi connectivity index (χ4v) is 2.89. The first-order valence-corrected chi connectivity index (χ1v) is 9.02. The average molecular weight is 424 g/mol. The summed E-state index contributed by atoms with van der Waals surface area (Å²) in [6, 6.07) is 11.6. The van der Waals surface area contributed by atoms with Gasteiger partial charge in [-0.05, 0) is 42.5 Å². The van der Waals surface area contributed by atoms with Gasteiger partial charge in [-0.3, -0.25) is 9.59 Å². The molecule has 2 N–H and O–H groups in total. The molecule has 8 heteroatoms. The molecule has 2 aromatic rings. The average Bonchev–Trinajstić information content (AvgIpc) is 2.60. The second-order valence-corrected chi connectivity index (χ2v) is 8.04. The van der Waals surface area contributed by atoms with Gasteiger partial charge in [0.2, 0.25) is 5.78 Å². The number of Topliss-reactive ketones (excluding diaryl/α,β-unsaturated/α-hetero) is 1. The molecule has 0 radical (unpaired) electrons. The van der Waals surface area contributed by atoms with Crippen molar-refractivity contribution < 1.29 is 24.2 Å². The van der Waals surface area contributed by atoms with Crippen molar-refractivity contribution in [1.82, 2.24) is 0 Å². The Labute approximate surface area is 172 Å². The van der Waals surface area contributed by atoms with E-state index in [4.69, 9.17) is 33.0 Å². The number of halogens is 2. The molecule has 0 aliphatic heterocycles. The summed E-state index contributed by atoms with van der Waals surface area (Å²) in [4.78, 5) is 36.8. The summed E-state index contributed by atoms with van der Waals surface area (Å²) in [5.74, 6) is -2.60. The van der Waals surface area contributed by atoms with Gasteiger partial charge in [-0.1, -0.05) is 50.0 Å². The minimum absolute atomic E-state index is 0.0260. The van der Waals surface area contributed by atoms with Crippen molar-refractivity contribution >= 4 is 46.5 Å². The molecule has 0 heterocycles. The van der Waals surface area contributed by atoms with Crippen LogP contribution in [0.5, 0.6) is 5.75 Å². The number of alkyl halides is 1. The van der Waals surface area contributed by atoms with Crippen LogP contribution in [-0.4, -0.2) is 27.8 Å². The monoisotopic (exact) mass is 423 g/mol. The Balaban J connectivity index is 2.37. The fourth-order valence-electron chi connectivity index (χ4n) is 2.28. The van der Waals surface area contributed by atoms with E-state index in [9.17, 15) is 14.4 Å². The Morgan fingerprint density at radius 2 is 1.64 bits per heavy atom. The molecule has 0 aromatic heterocycles. The number of rotatable bonds is 6. The normalized spacial score (nSPS) is 13.3. The summed E-state index contributed by atoms with van der Waals surface area (Å²) in [5.41, 5.74) is -0.624. The molecule has 1 amide bonds. The second kappa shape index (κ2) is 8.20. The zero-order valence-electron chi connectivity index (χ0n) is 15.5. The van der Waals surface area contributed by atoms with Crippen molar-refractivity contribution in [3.8, 4) is 5.75 Å². The van der Waals surface area contributed by atoms with Crippen LogP contribution in [0.25, 0.3) is 0 Å². The van der Waals surface area contributed by atoms with Gasteiger partial charge in [0.1, 0.15) is 5.75 Å². The standard InChI is InChI=1S/C20H19Cl2NO5/c1-19(2,3)17(26)20(22,18(27)23-14-6-4-5-13(21)11-14)28-15-9-7-12(8-10-15)16(24)25/h4-11H,1-3H3,(H,23,27)(H,24,25). The molecule has 0 aliphatic rings. The number of carbonyl (C=O) groups excluding carboxylic acids is 2. The van der Waals surface area contributed by atoms with Crippen LogP contribution in [0.2, 0.25) is 5.02 Å². The van der Waals surface area contributed by atoms with E-state index in [0.717, 1.165) is 0 Å². The maximum absolute atomic E-state index is 12.9. The number of benzene rings is 2. The van der Waals surface area contributed by atoms with Gasteiger partial charge < -0.3 is 15.2 Å². The van der Waals surface area contributed by atoms with E-state index in [1.165, 1.54) is 30.3 Å². The van der Waals surface area contributed by atoms with Crippen LogP contribution in [0.3, 0.4) is 0 Å². The number of amides is 1. The number of anilines is 1. The first-order valence-electron chi connectivity index (χ1n) is 8.26. The predicted molar refractivity (Wildman–Crippen MR) is 107 cm³/mol. The van der Waals surface area contributed by atoms with Crippen LogP contribution in [0.1, 0.15) is 31.1 Å². The number of ketones is 1. The quantitative estimate of drug-likeness (QED) is 0.522. The Bertz CT molecular complexity index is 906. The van der Waals surface area contributed by atoms with Gasteiger partial charge in [0.25, 0.3) is 5.91 Å². The molecule has 6 nitrogen and oxygen atoms in total. The van der Waals surface area contributed by atoms with Crippen LogP contribution in [0.4, 0.5) is 5.69 Å². The molecular weight excluding hydrogens is 405 g/mol. The number of carboxylic acid groups (broad SMARTS) is 1. The first-order chi connectivity index (χ1) is 12.9. The van der Waals surface area contributed by atoms with E-state index in [1.807, 2.05) is 0 Å². The van der Waals surface area contributed by atoms with Gasteiger partial charge in [-0.25, -0.2) is 4.79 Å². The minimum Gasteiger partial charge on any atom is -0.478 e. The van der Waals surface area contributed by atoms with Crippen molar-refractivity contribution in [1.29, 1.82) is 0 Å². The number of carboxylic acids is 1. The highest BCUT2D eigenvalue weighted by Crippen LogP contribution is 2.33. The molecular formula is C20H19Cl2NO5. The van der Waals surface area contributed by atoms with E-state index in [-0.39, 0.29) is 11.3 Å². The lowest BCUT2D eigenvalue weighted by atomic mass is 9.86. The van der Waals surface area contributed by atoms with E-state index in [0.29, 0.717) is 10.7 Å². The van der Waals surface area contributed by atoms with Crippen LogP contribution in [-0.2, 0) is 9.59 Å². The number of hydrogen-bond donors (Lipinski definition) is 2. The molecule has 1 atom stereocenters. The van der Waals surface area contributed by atoms with E-state index in [1.54, 1.807) is 39.0 Å². The van der Waals surface area contributed by atoms with Gasteiger partial charge >= 0.3 is 11.0 Å². The maximum Gasteiger partial charge on any atom is 0.335 e. The second-order valence-electron chi connectivity index (χ2n) is 7.07. The van der Waals surface area contributed by atoms with Crippen LogP contribution >= 0.6 is 23.2 Å². The number of aromatic carboxylic acids is 1. The van der Waals surface area contributed by atoms with Crippen LogP contribution < -0.4 is 10.1 Å². The van der Waals surface area contributed by atoms with Gasteiger partial charge in [0, 0.05) is 16.1 Å². The van der Waals surface area contributed by atoms with E-state index >= 15 is 0 Å². The molecule has 0 saturated heterocycles. The summed E-state index contributed by atoms with van der Waals surface area (Å²) in [6.45, 7) is 4.82. The molecule has 0 spiro atoms. The zero-order valence-corrected chi connectivity index (χ0v) is 17.0. The van der Waals surface area contributed by atoms with Gasteiger partial charge in [0.05, 0.1) is 5.56 Å². The fraction of sp³-hybridized carbons (Fsp3) is 0.250. The lowest BCUT2D eigenvalue weighted by Crippen LogP contribution is -2.54. The predicted octanol–water partition coefficient (Wildman–Crippen LogP) is 4.61. The SMILES string of the molecule is CC(C)(C)C(=O)C(Cl)(Oc1ccc(C(=O)O)cc1)C(=O)Nc1cccc(Cl)c1. The summed E-state index contributed by atoms with van der Waals surface area (Å²) in [5, 5.41) is 9.54. The first kappa shape index (κ1) is 21.7. The lowest BCUT2D eigenvalue weighted by Gasteiger charge is -2.31. The molecule has 0 bridgehead atoms. The summed E-state index contributed by atoms with van der Waals surface area (Å²) in [6.07, 6.45) is 0. The molecule has 2 rings (SSSR count). The number of ether oxygens (including phenoxy) is 1. The molecule has 0 saturated carbocycles. The topological polar surface area (TPSA) is 92.7 Å². The Morgan fingerprint density at radius 3 is 2.14 bits per heavy atom.